The largest absolute Gasteiger partial charge is 0.416 e. The van der Waals surface area contributed by atoms with Gasteiger partial charge >= 0.3 is 6.18 Å². The molecule has 27 heavy (non-hydrogen) atoms. The highest BCUT2D eigenvalue weighted by molar-refractivity contribution is 7.22. The lowest BCUT2D eigenvalue weighted by atomic mass is 9.96. The highest BCUT2D eigenvalue weighted by Gasteiger charge is 2.32. The van der Waals surface area contributed by atoms with Gasteiger partial charge in [-0.1, -0.05) is 11.3 Å². The molecule has 0 N–H and O–H groups in total. The zero-order valence-corrected chi connectivity index (χ0v) is 15.3. The van der Waals surface area contributed by atoms with Crippen LogP contribution in [-0.4, -0.2) is 32.8 Å². The van der Waals surface area contributed by atoms with Crippen molar-refractivity contribution in [1.82, 2.24) is 19.7 Å². The van der Waals surface area contributed by atoms with Crippen molar-refractivity contribution in [3.05, 3.63) is 35.9 Å². The summed E-state index contributed by atoms with van der Waals surface area (Å²) in [7, 11) is 0. The Kier molecular flexibility index (Phi) is 3.89. The van der Waals surface area contributed by atoms with E-state index in [-0.39, 0.29) is 0 Å². The van der Waals surface area contributed by atoms with Crippen LogP contribution < -0.4 is 4.90 Å². The number of fused-ring (bicyclic) bond motifs is 1. The van der Waals surface area contributed by atoms with Crippen molar-refractivity contribution in [2.75, 3.05) is 18.0 Å². The van der Waals surface area contributed by atoms with Crippen molar-refractivity contribution in [2.24, 2.45) is 0 Å². The highest BCUT2D eigenvalue weighted by atomic mass is 32.1. The Hall–Kier alpha value is -2.16. The quantitative estimate of drug-likeness (QED) is 0.651. The molecule has 3 aromatic rings. The number of piperidine rings is 1. The van der Waals surface area contributed by atoms with E-state index in [1.807, 2.05) is 6.33 Å². The molecule has 0 radical (unpaired) electrons. The third-order valence-corrected chi connectivity index (χ3v) is 6.47. The Morgan fingerprint density at radius 2 is 1.85 bits per heavy atom. The molecule has 2 aromatic heterocycles. The van der Waals surface area contributed by atoms with Gasteiger partial charge in [-0.05, 0) is 43.9 Å². The Bertz CT molecular complexity index is 967. The summed E-state index contributed by atoms with van der Waals surface area (Å²) in [6, 6.07) is 4.35. The lowest BCUT2D eigenvalue weighted by Crippen LogP contribution is -2.33. The Labute approximate surface area is 157 Å². The lowest BCUT2D eigenvalue weighted by molar-refractivity contribution is -0.137. The molecule has 0 bridgehead atoms. The summed E-state index contributed by atoms with van der Waals surface area (Å²) in [6.45, 7) is 1.66. The summed E-state index contributed by atoms with van der Waals surface area (Å²) in [5.74, 6) is 1.46. The van der Waals surface area contributed by atoms with Gasteiger partial charge < -0.3 is 9.47 Å². The predicted molar refractivity (Wildman–Crippen MR) is 97.1 cm³/mol. The maximum Gasteiger partial charge on any atom is 0.416 e. The minimum atomic E-state index is -4.34. The van der Waals surface area contributed by atoms with Gasteiger partial charge in [-0.2, -0.15) is 13.2 Å². The number of benzene rings is 1. The van der Waals surface area contributed by atoms with Crippen LogP contribution in [0.5, 0.6) is 0 Å². The van der Waals surface area contributed by atoms with Gasteiger partial charge in [-0.3, -0.25) is 0 Å². The fourth-order valence-corrected chi connectivity index (χ4v) is 4.73. The van der Waals surface area contributed by atoms with Crippen LogP contribution >= 0.6 is 11.3 Å². The van der Waals surface area contributed by atoms with Gasteiger partial charge in [0.15, 0.2) is 5.13 Å². The van der Waals surface area contributed by atoms with Gasteiger partial charge in [0, 0.05) is 25.0 Å². The standard InChI is InChI=1S/C18H18F3N5S/c19-18(20,21)12-1-4-15-14(9-12)23-17(27-15)25-7-5-11(6-8-25)16-24-22-10-26(16)13-2-3-13/h1,4,9-11,13H,2-3,5-8H2. The second-order valence-corrected chi connectivity index (χ2v) is 8.27. The van der Waals surface area contributed by atoms with E-state index in [0.717, 1.165) is 53.7 Å². The van der Waals surface area contributed by atoms with Crippen LogP contribution in [0.15, 0.2) is 24.5 Å². The predicted octanol–water partition coefficient (Wildman–Crippen LogP) is 4.63. The molecule has 1 aliphatic carbocycles. The Morgan fingerprint density at radius 1 is 1.07 bits per heavy atom. The molecule has 1 aliphatic heterocycles. The van der Waals surface area contributed by atoms with E-state index in [1.54, 1.807) is 0 Å². The monoisotopic (exact) mass is 393 g/mol. The number of aromatic nitrogens is 4. The first-order chi connectivity index (χ1) is 13.0. The van der Waals surface area contributed by atoms with Crippen LogP contribution in [0.2, 0.25) is 0 Å². The summed E-state index contributed by atoms with van der Waals surface area (Å²) < 4.78 is 41.7. The number of thiazole rings is 1. The zero-order chi connectivity index (χ0) is 18.6. The van der Waals surface area contributed by atoms with Crippen molar-refractivity contribution in [3.63, 3.8) is 0 Å². The second kappa shape index (κ2) is 6.19. The molecule has 5 nitrogen and oxygen atoms in total. The number of halogens is 3. The molecule has 0 spiro atoms. The molecule has 2 fully saturated rings. The molecule has 0 amide bonds. The summed E-state index contributed by atoms with van der Waals surface area (Å²) >= 11 is 1.45. The first-order valence-corrected chi connectivity index (χ1v) is 9.93. The molecule has 1 aromatic carbocycles. The van der Waals surface area contributed by atoms with Crippen molar-refractivity contribution >= 4 is 26.7 Å². The van der Waals surface area contributed by atoms with Crippen molar-refractivity contribution in [2.45, 2.75) is 43.8 Å². The van der Waals surface area contributed by atoms with E-state index >= 15 is 0 Å². The third kappa shape index (κ3) is 3.18. The molecule has 1 saturated carbocycles. The minimum Gasteiger partial charge on any atom is -0.348 e. The van der Waals surface area contributed by atoms with Gasteiger partial charge in [0.25, 0.3) is 0 Å². The average Bonchev–Trinajstić information content (AvgIpc) is 3.22. The highest BCUT2D eigenvalue weighted by Crippen LogP contribution is 2.40. The van der Waals surface area contributed by atoms with Crippen LogP contribution in [0.25, 0.3) is 10.2 Å². The fourth-order valence-electron chi connectivity index (χ4n) is 3.73. The lowest BCUT2D eigenvalue weighted by Gasteiger charge is -2.31. The number of alkyl halides is 3. The van der Waals surface area contributed by atoms with Crippen LogP contribution in [-0.2, 0) is 6.18 Å². The minimum absolute atomic E-state index is 0.385. The van der Waals surface area contributed by atoms with Gasteiger partial charge in [0.05, 0.1) is 15.8 Å². The number of rotatable bonds is 3. The summed E-state index contributed by atoms with van der Waals surface area (Å²) in [4.78, 5) is 6.64. The molecular formula is C18H18F3N5S. The fraction of sp³-hybridized carbons (Fsp3) is 0.500. The van der Waals surface area contributed by atoms with E-state index in [0.29, 0.717) is 17.5 Å². The van der Waals surface area contributed by atoms with Crippen molar-refractivity contribution < 1.29 is 13.2 Å². The molecule has 1 saturated heterocycles. The molecule has 142 valence electrons. The molecule has 9 heteroatoms. The first kappa shape index (κ1) is 17.0. The van der Waals surface area contributed by atoms with Gasteiger partial charge in [0.1, 0.15) is 12.2 Å². The van der Waals surface area contributed by atoms with E-state index in [1.165, 1.54) is 30.2 Å². The van der Waals surface area contributed by atoms with Gasteiger partial charge in [0.2, 0.25) is 0 Å². The van der Waals surface area contributed by atoms with Crippen LogP contribution in [0.3, 0.4) is 0 Å². The van der Waals surface area contributed by atoms with Crippen LogP contribution in [0.1, 0.15) is 49.0 Å². The Balaban J connectivity index is 1.32. The summed E-state index contributed by atoms with van der Waals surface area (Å²) in [5, 5.41) is 9.23. The smallest absolute Gasteiger partial charge is 0.348 e. The molecule has 0 atom stereocenters. The van der Waals surface area contributed by atoms with E-state index in [9.17, 15) is 13.2 Å². The molecule has 2 aliphatic rings. The van der Waals surface area contributed by atoms with E-state index in [2.05, 4.69) is 24.6 Å². The van der Waals surface area contributed by atoms with Crippen molar-refractivity contribution in [3.8, 4) is 0 Å². The Morgan fingerprint density at radius 3 is 2.56 bits per heavy atom. The SMILES string of the molecule is FC(F)(F)c1ccc2sc(N3CCC(c4nncn4C4CC4)CC3)nc2c1. The normalized spacial score (nSPS) is 19.1. The van der Waals surface area contributed by atoms with Crippen molar-refractivity contribution in [1.29, 1.82) is 0 Å². The van der Waals surface area contributed by atoms with E-state index in [4.69, 9.17) is 0 Å². The van der Waals surface area contributed by atoms with Crippen LogP contribution in [0.4, 0.5) is 18.3 Å². The number of nitrogens with zero attached hydrogens (tertiary/aromatic N) is 5. The number of hydrogen-bond donors (Lipinski definition) is 0. The number of hydrogen-bond acceptors (Lipinski definition) is 5. The maximum atomic E-state index is 12.9. The number of anilines is 1. The van der Waals surface area contributed by atoms with Gasteiger partial charge in [-0.15, -0.1) is 10.2 Å². The van der Waals surface area contributed by atoms with E-state index < -0.39 is 11.7 Å². The molecule has 0 unspecified atom stereocenters. The average molecular weight is 393 g/mol. The summed E-state index contributed by atoms with van der Waals surface area (Å²) in [5.41, 5.74) is -0.231. The first-order valence-electron chi connectivity index (χ1n) is 9.11. The van der Waals surface area contributed by atoms with Gasteiger partial charge in [-0.25, -0.2) is 4.98 Å². The van der Waals surface area contributed by atoms with Crippen LogP contribution in [0, 0.1) is 0 Å². The molecule has 5 rings (SSSR count). The molecule has 3 heterocycles. The maximum absolute atomic E-state index is 12.9. The third-order valence-electron chi connectivity index (χ3n) is 5.38. The molecular weight excluding hydrogens is 375 g/mol. The second-order valence-electron chi connectivity index (χ2n) is 7.27. The topological polar surface area (TPSA) is 46.8 Å². The summed E-state index contributed by atoms with van der Waals surface area (Å²) in [6.07, 6.45) is 1.81. The zero-order valence-electron chi connectivity index (χ0n) is 14.5.